The molecular weight excluding hydrogens is 506 g/mol. The number of rotatable bonds is 7. The fraction of sp³-hybridized carbons (Fsp3) is 0.360. The summed E-state index contributed by atoms with van der Waals surface area (Å²) in [6, 6.07) is 7.80. The van der Waals surface area contributed by atoms with Crippen molar-refractivity contribution in [2.45, 2.75) is 44.8 Å². The maximum absolute atomic E-state index is 11.8. The Bertz CT molecular complexity index is 1520. The van der Waals surface area contributed by atoms with Crippen LogP contribution in [0, 0.1) is 22.7 Å². The SMILES string of the molecule is C=C(C(N)=O)N1[C@@H](C)CN(c2cc(C#N)cc(Nc3nc(NC4CC4)n4ncc(C#N)c4n3)c2Cl)C[C@@H]1C. The van der Waals surface area contributed by atoms with E-state index in [1.54, 1.807) is 12.1 Å². The van der Waals surface area contributed by atoms with E-state index in [0.29, 0.717) is 58.3 Å². The van der Waals surface area contributed by atoms with E-state index in [9.17, 15) is 15.3 Å². The molecule has 1 saturated heterocycles. The molecule has 2 aliphatic rings. The van der Waals surface area contributed by atoms with Gasteiger partial charge in [0.2, 0.25) is 11.9 Å². The van der Waals surface area contributed by atoms with Crippen LogP contribution >= 0.6 is 11.6 Å². The summed E-state index contributed by atoms with van der Waals surface area (Å²) < 4.78 is 1.50. The van der Waals surface area contributed by atoms with Crippen LogP contribution in [0.5, 0.6) is 0 Å². The van der Waals surface area contributed by atoms with Crippen molar-refractivity contribution in [1.82, 2.24) is 24.5 Å². The fourth-order valence-electron chi connectivity index (χ4n) is 4.81. The molecule has 2 atom stereocenters. The highest BCUT2D eigenvalue weighted by Gasteiger charge is 2.33. The molecular formula is C25H26ClN11O. The number of piperazine rings is 1. The fourth-order valence-corrected chi connectivity index (χ4v) is 5.09. The van der Waals surface area contributed by atoms with Crippen LogP contribution in [0.3, 0.4) is 0 Å². The van der Waals surface area contributed by atoms with Gasteiger partial charge in [0.05, 0.1) is 39.9 Å². The summed E-state index contributed by atoms with van der Waals surface area (Å²) in [6.45, 7) is 8.87. The number of benzene rings is 1. The molecule has 1 amide bonds. The predicted octanol–water partition coefficient (Wildman–Crippen LogP) is 2.74. The second-order valence-electron chi connectivity index (χ2n) is 9.61. The number of fused-ring (bicyclic) bond motifs is 1. The average molecular weight is 532 g/mol. The third-order valence-electron chi connectivity index (χ3n) is 6.68. The van der Waals surface area contributed by atoms with E-state index in [1.807, 2.05) is 18.7 Å². The van der Waals surface area contributed by atoms with Crippen LogP contribution < -0.4 is 21.3 Å². The number of nitrogens with one attached hydrogen (secondary N) is 2. The van der Waals surface area contributed by atoms with Crippen LogP contribution in [0.4, 0.5) is 23.3 Å². The number of hydrogen-bond acceptors (Lipinski definition) is 10. The van der Waals surface area contributed by atoms with Crippen molar-refractivity contribution in [3.05, 3.63) is 46.8 Å². The maximum atomic E-state index is 11.8. The Morgan fingerprint density at radius 2 is 1.89 bits per heavy atom. The zero-order valence-corrected chi connectivity index (χ0v) is 21.7. The van der Waals surface area contributed by atoms with Gasteiger partial charge < -0.3 is 26.2 Å². The van der Waals surface area contributed by atoms with E-state index in [2.05, 4.69) is 49.3 Å². The van der Waals surface area contributed by atoms with Crippen molar-refractivity contribution in [3.63, 3.8) is 0 Å². The van der Waals surface area contributed by atoms with Crippen LogP contribution in [0.15, 0.2) is 30.6 Å². The number of amides is 1. The van der Waals surface area contributed by atoms with Gasteiger partial charge in [-0.25, -0.2) is 0 Å². The number of carbonyl (C=O) groups excluding carboxylic acids is 1. The summed E-state index contributed by atoms with van der Waals surface area (Å²) in [5, 5.41) is 30.4. The number of hydrogen-bond donors (Lipinski definition) is 3. The third-order valence-corrected chi connectivity index (χ3v) is 7.08. The number of nitriles is 2. The molecule has 4 N–H and O–H groups in total. The molecule has 0 bridgehead atoms. The zero-order chi connectivity index (χ0) is 27.1. The van der Waals surface area contributed by atoms with Gasteiger partial charge in [0.15, 0.2) is 5.65 Å². The molecule has 5 rings (SSSR count). The lowest BCUT2D eigenvalue weighted by molar-refractivity contribution is -0.116. The monoisotopic (exact) mass is 531 g/mol. The van der Waals surface area contributed by atoms with Crippen LogP contribution in [-0.4, -0.2) is 61.6 Å². The molecule has 0 unspecified atom stereocenters. The number of aromatic nitrogens is 4. The van der Waals surface area contributed by atoms with Crippen molar-refractivity contribution in [2.24, 2.45) is 5.73 Å². The Morgan fingerprint density at radius 1 is 1.18 bits per heavy atom. The van der Waals surface area contributed by atoms with E-state index in [1.165, 1.54) is 10.7 Å². The first-order valence-corrected chi connectivity index (χ1v) is 12.5. The van der Waals surface area contributed by atoms with Crippen LogP contribution in [0.2, 0.25) is 5.02 Å². The van der Waals surface area contributed by atoms with Gasteiger partial charge in [0, 0.05) is 31.2 Å². The van der Waals surface area contributed by atoms with Crippen LogP contribution in [0.25, 0.3) is 5.65 Å². The van der Waals surface area contributed by atoms with Crippen LogP contribution in [-0.2, 0) is 4.79 Å². The van der Waals surface area contributed by atoms with Gasteiger partial charge in [-0.1, -0.05) is 18.2 Å². The second kappa shape index (κ2) is 9.72. The van der Waals surface area contributed by atoms with E-state index in [0.717, 1.165) is 12.8 Å². The summed E-state index contributed by atoms with van der Waals surface area (Å²) in [6.07, 6.45) is 3.50. The van der Waals surface area contributed by atoms with E-state index >= 15 is 0 Å². The van der Waals surface area contributed by atoms with Gasteiger partial charge in [0.1, 0.15) is 11.6 Å². The largest absolute Gasteiger partial charge is 0.366 e. The summed E-state index contributed by atoms with van der Waals surface area (Å²) in [5.74, 6) is 0.117. The predicted molar refractivity (Wildman–Crippen MR) is 143 cm³/mol. The van der Waals surface area contributed by atoms with Crippen molar-refractivity contribution in [2.75, 3.05) is 28.6 Å². The molecule has 0 radical (unpaired) electrons. The number of primary amides is 1. The highest BCUT2D eigenvalue weighted by molar-refractivity contribution is 6.36. The standard InChI is InChI=1S/C25H26ClN11O/c1-13-11-35(12-14(2)36(13)15(3)22(29)38)20-7-16(8-27)6-19(21(20)26)32-24-33-23-17(9-28)10-30-37(23)25(34-24)31-18-4-5-18/h6-7,10,13-14,18H,3-5,11-12H2,1-2H3,(H2,29,38)(H2,31,32,33,34)/t13-,14-/m0/s1. The number of carbonyl (C=O) groups is 1. The van der Waals surface area contributed by atoms with Gasteiger partial charge in [-0.05, 0) is 38.8 Å². The molecule has 0 spiro atoms. The quantitative estimate of drug-likeness (QED) is 0.386. The highest BCUT2D eigenvalue weighted by Crippen LogP contribution is 2.38. The normalized spacial score (nSPS) is 19.1. The molecule has 1 saturated carbocycles. The maximum Gasteiger partial charge on any atom is 0.264 e. The number of halogens is 1. The Labute approximate surface area is 224 Å². The van der Waals surface area contributed by atoms with Crippen molar-refractivity contribution in [1.29, 1.82) is 10.5 Å². The van der Waals surface area contributed by atoms with E-state index in [-0.39, 0.29) is 23.7 Å². The summed E-state index contributed by atoms with van der Waals surface area (Å²) in [4.78, 5) is 24.8. The number of anilines is 4. The minimum Gasteiger partial charge on any atom is -0.366 e. The highest BCUT2D eigenvalue weighted by atomic mass is 35.5. The molecule has 2 fully saturated rings. The lowest BCUT2D eigenvalue weighted by atomic mass is 10.0. The molecule has 1 aliphatic heterocycles. The molecule has 38 heavy (non-hydrogen) atoms. The average Bonchev–Trinajstić information content (AvgIpc) is 3.60. The van der Waals surface area contributed by atoms with Gasteiger partial charge in [0.25, 0.3) is 5.91 Å². The smallest absolute Gasteiger partial charge is 0.264 e. The molecule has 3 aromatic rings. The minimum atomic E-state index is -0.557. The van der Waals surface area contributed by atoms with E-state index in [4.69, 9.17) is 17.3 Å². The Hall–Kier alpha value is -4.55. The first-order valence-electron chi connectivity index (χ1n) is 12.1. The topological polar surface area (TPSA) is 164 Å². The van der Waals surface area contributed by atoms with E-state index < -0.39 is 5.91 Å². The first kappa shape index (κ1) is 25.1. The molecule has 12 nitrogen and oxygen atoms in total. The molecule has 194 valence electrons. The van der Waals surface area contributed by atoms with Gasteiger partial charge in [-0.2, -0.15) is 30.1 Å². The van der Waals surface area contributed by atoms with Crippen molar-refractivity contribution >= 4 is 46.4 Å². The summed E-state index contributed by atoms with van der Waals surface area (Å²) in [5.41, 5.74) is 7.92. The third kappa shape index (κ3) is 4.62. The summed E-state index contributed by atoms with van der Waals surface area (Å²) >= 11 is 6.90. The zero-order valence-electron chi connectivity index (χ0n) is 20.9. The van der Waals surface area contributed by atoms with Gasteiger partial charge in [-0.3, -0.25) is 4.79 Å². The summed E-state index contributed by atoms with van der Waals surface area (Å²) in [7, 11) is 0. The molecule has 13 heteroatoms. The first-order chi connectivity index (χ1) is 18.2. The second-order valence-corrected chi connectivity index (χ2v) is 9.99. The molecule has 1 aliphatic carbocycles. The molecule has 2 aromatic heterocycles. The minimum absolute atomic E-state index is 0.0787. The molecule has 1 aromatic carbocycles. The number of nitrogens with two attached hydrogens (primary N) is 1. The Balaban J connectivity index is 1.50. The van der Waals surface area contributed by atoms with Crippen molar-refractivity contribution < 1.29 is 4.79 Å². The lowest BCUT2D eigenvalue weighted by Crippen LogP contribution is -2.57. The van der Waals surface area contributed by atoms with Gasteiger partial charge >= 0.3 is 0 Å². The van der Waals surface area contributed by atoms with Crippen LogP contribution in [0.1, 0.15) is 37.8 Å². The lowest BCUT2D eigenvalue weighted by Gasteiger charge is -2.47. The molecule has 3 heterocycles. The van der Waals surface area contributed by atoms with Gasteiger partial charge in [-0.15, -0.1) is 0 Å². The van der Waals surface area contributed by atoms with Crippen molar-refractivity contribution in [3.8, 4) is 12.1 Å². The number of nitrogens with zero attached hydrogens (tertiary/aromatic N) is 8. The Kier molecular flexibility index (Phi) is 6.43. The Morgan fingerprint density at radius 3 is 2.50 bits per heavy atom.